The molecule has 104 valence electrons. The number of piperidine rings is 1. The Balaban J connectivity index is 1.64. The Kier molecular flexibility index (Phi) is 5.41. The number of carbonyl (C=O) groups is 1. The normalized spacial score (nSPS) is 30.1. The van der Waals surface area contributed by atoms with Crippen molar-refractivity contribution >= 4 is 5.91 Å². The van der Waals surface area contributed by atoms with Crippen LogP contribution in [0.2, 0.25) is 0 Å². The Morgan fingerprint density at radius 1 is 1.50 bits per heavy atom. The number of likely N-dealkylation sites (N-methyl/N-ethyl adjacent to an activating group) is 1. The van der Waals surface area contributed by atoms with Gasteiger partial charge in [-0.05, 0) is 26.4 Å². The first kappa shape index (κ1) is 13.8. The smallest absolute Gasteiger partial charge is 0.222 e. The number of hydrogen-bond acceptors (Lipinski definition) is 4. The molecule has 0 radical (unpaired) electrons. The summed E-state index contributed by atoms with van der Waals surface area (Å²) in [4.78, 5) is 14.2. The standard InChI is InChI=1S/C13H25N3O2/c1-16-6-3-2-4-11(16)9-15-13(17)8-12-10-14-5-7-18-12/h11-12,14H,2-10H2,1H3,(H,15,17). The summed E-state index contributed by atoms with van der Waals surface area (Å²) in [6, 6.07) is 0.507. The molecule has 0 bridgehead atoms. The van der Waals surface area contributed by atoms with Crippen LogP contribution in [0.1, 0.15) is 25.7 Å². The van der Waals surface area contributed by atoms with Crippen LogP contribution >= 0.6 is 0 Å². The first-order chi connectivity index (χ1) is 8.75. The Bertz CT molecular complexity index is 267. The average Bonchev–Trinajstić information content (AvgIpc) is 2.39. The zero-order valence-electron chi connectivity index (χ0n) is 11.3. The monoisotopic (exact) mass is 255 g/mol. The average molecular weight is 255 g/mol. The Morgan fingerprint density at radius 2 is 2.39 bits per heavy atom. The Morgan fingerprint density at radius 3 is 3.11 bits per heavy atom. The number of rotatable bonds is 4. The summed E-state index contributed by atoms with van der Waals surface area (Å²) in [5, 5.41) is 6.28. The minimum Gasteiger partial charge on any atom is -0.375 e. The number of carbonyl (C=O) groups excluding carboxylic acids is 1. The van der Waals surface area contributed by atoms with Crippen LogP contribution in [0.3, 0.4) is 0 Å². The highest BCUT2D eigenvalue weighted by atomic mass is 16.5. The molecule has 2 saturated heterocycles. The van der Waals surface area contributed by atoms with Crippen LogP contribution in [0.4, 0.5) is 0 Å². The van der Waals surface area contributed by atoms with Gasteiger partial charge in [0.05, 0.1) is 19.1 Å². The molecule has 0 aromatic rings. The van der Waals surface area contributed by atoms with Crippen LogP contribution in [-0.4, -0.2) is 62.8 Å². The molecule has 18 heavy (non-hydrogen) atoms. The van der Waals surface area contributed by atoms with E-state index in [0.29, 0.717) is 19.1 Å². The van der Waals surface area contributed by atoms with Crippen LogP contribution in [0, 0.1) is 0 Å². The molecule has 2 fully saturated rings. The largest absolute Gasteiger partial charge is 0.375 e. The van der Waals surface area contributed by atoms with Gasteiger partial charge in [-0.1, -0.05) is 6.42 Å². The highest BCUT2D eigenvalue weighted by molar-refractivity contribution is 5.76. The van der Waals surface area contributed by atoms with Crippen molar-refractivity contribution in [1.29, 1.82) is 0 Å². The molecule has 0 aromatic carbocycles. The summed E-state index contributed by atoms with van der Waals surface area (Å²) in [5.74, 6) is 0.114. The van der Waals surface area contributed by atoms with Crippen molar-refractivity contribution in [3.63, 3.8) is 0 Å². The van der Waals surface area contributed by atoms with Crippen LogP contribution < -0.4 is 10.6 Å². The summed E-state index contributed by atoms with van der Waals surface area (Å²) in [5.41, 5.74) is 0. The van der Waals surface area contributed by atoms with Crippen LogP contribution in [0.15, 0.2) is 0 Å². The van der Waals surface area contributed by atoms with Gasteiger partial charge in [0.25, 0.3) is 0 Å². The minimum atomic E-state index is 0.0443. The van der Waals surface area contributed by atoms with Gasteiger partial charge in [-0.15, -0.1) is 0 Å². The third-order valence-electron chi connectivity index (χ3n) is 3.87. The molecule has 0 saturated carbocycles. The van der Waals surface area contributed by atoms with Crippen molar-refractivity contribution in [3.8, 4) is 0 Å². The molecule has 2 aliphatic heterocycles. The van der Waals surface area contributed by atoms with Gasteiger partial charge < -0.3 is 20.3 Å². The van der Waals surface area contributed by atoms with E-state index < -0.39 is 0 Å². The van der Waals surface area contributed by atoms with Crippen LogP contribution in [0.5, 0.6) is 0 Å². The third kappa shape index (κ3) is 4.23. The predicted molar refractivity (Wildman–Crippen MR) is 70.5 cm³/mol. The zero-order chi connectivity index (χ0) is 12.8. The van der Waals surface area contributed by atoms with E-state index >= 15 is 0 Å². The highest BCUT2D eigenvalue weighted by Crippen LogP contribution is 2.14. The summed E-state index contributed by atoms with van der Waals surface area (Å²) >= 11 is 0. The van der Waals surface area contributed by atoms with E-state index in [1.807, 2.05) is 0 Å². The minimum absolute atomic E-state index is 0.0443. The number of morpholine rings is 1. The Labute approximate surface area is 109 Å². The van der Waals surface area contributed by atoms with Crippen LogP contribution in [0.25, 0.3) is 0 Å². The maximum Gasteiger partial charge on any atom is 0.222 e. The van der Waals surface area contributed by atoms with E-state index in [9.17, 15) is 4.79 Å². The molecular weight excluding hydrogens is 230 g/mol. The van der Waals surface area contributed by atoms with Crippen molar-refractivity contribution in [3.05, 3.63) is 0 Å². The van der Waals surface area contributed by atoms with E-state index in [4.69, 9.17) is 4.74 Å². The predicted octanol–water partition coefficient (Wildman–Crippen LogP) is -0.0346. The van der Waals surface area contributed by atoms with E-state index in [1.165, 1.54) is 19.3 Å². The van der Waals surface area contributed by atoms with E-state index in [2.05, 4.69) is 22.6 Å². The van der Waals surface area contributed by atoms with Crippen molar-refractivity contribution in [2.75, 3.05) is 39.8 Å². The van der Waals surface area contributed by atoms with E-state index in [-0.39, 0.29) is 12.0 Å². The second-order valence-corrected chi connectivity index (χ2v) is 5.34. The Hall–Kier alpha value is -0.650. The van der Waals surface area contributed by atoms with Crippen LogP contribution in [-0.2, 0) is 9.53 Å². The highest BCUT2D eigenvalue weighted by Gasteiger charge is 2.21. The molecule has 2 unspecified atom stereocenters. The van der Waals surface area contributed by atoms with Gasteiger partial charge in [0.1, 0.15) is 0 Å². The van der Waals surface area contributed by atoms with Crippen molar-refractivity contribution in [2.24, 2.45) is 0 Å². The number of ether oxygens (including phenoxy) is 1. The second-order valence-electron chi connectivity index (χ2n) is 5.34. The summed E-state index contributed by atoms with van der Waals surface area (Å²) in [7, 11) is 2.14. The second kappa shape index (κ2) is 7.07. The maximum atomic E-state index is 11.8. The molecule has 2 aliphatic rings. The molecule has 0 aliphatic carbocycles. The van der Waals surface area contributed by atoms with Crippen molar-refractivity contribution in [2.45, 2.75) is 37.8 Å². The topological polar surface area (TPSA) is 53.6 Å². The molecule has 0 aromatic heterocycles. The molecule has 2 heterocycles. The van der Waals surface area contributed by atoms with Gasteiger partial charge in [-0.25, -0.2) is 0 Å². The summed E-state index contributed by atoms with van der Waals surface area (Å²) < 4.78 is 5.53. The lowest BCUT2D eigenvalue weighted by Crippen LogP contribution is -2.46. The fourth-order valence-corrected chi connectivity index (χ4v) is 2.66. The molecule has 5 nitrogen and oxygen atoms in total. The lowest BCUT2D eigenvalue weighted by atomic mass is 10.0. The molecule has 0 spiro atoms. The van der Waals surface area contributed by atoms with Gasteiger partial charge in [0.15, 0.2) is 0 Å². The van der Waals surface area contributed by atoms with Gasteiger partial charge in [-0.3, -0.25) is 4.79 Å². The lowest BCUT2D eigenvalue weighted by Gasteiger charge is -2.32. The number of likely N-dealkylation sites (tertiary alicyclic amines) is 1. The molecule has 2 atom stereocenters. The van der Waals surface area contributed by atoms with Gasteiger partial charge >= 0.3 is 0 Å². The number of amides is 1. The molecule has 2 rings (SSSR count). The van der Waals surface area contributed by atoms with Gasteiger partial charge in [0, 0.05) is 25.7 Å². The molecule has 2 N–H and O–H groups in total. The lowest BCUT2D eigenvalue weighted by molar-refractivity contribution is -0.124. The van der Waals surface area contributed by atoms with E-state index in [1.54, 1.807) is 0 Å². The first-order valence-electron chi connectivity index (χ1n) is 7.05. The summed E-state index contributed by atoms with van der Waals surface area (Å²) in [6.45, 7) is 4.32. The fraction of sp³-hybridized carbons (Fsp3) is 0.923. The van der Waals surface area contributed by atoms with Crippen molar-refractivity contribution in [1.82, 2.24) is 15.5 Å². The number of nitrogens with zero attached hydrogens (tertiary/aromatic N) is 1. The third-order valence-corrected chi connectivity index (χ3v) is 3.87. The summed E-state index contributed by atoms with van der Waals surface area (Å²) in [6.07, 6.45) is 4.27. The zero-order valence-corrected chi connectivity index (χ0v) is 11.3. The van der Waals surface area contributed by atoms with Gasteiger partial charge in [-0.2, -0.15) is 0 Å². The number of hydrogen-bond donors (Lipinski definition) is 2. The fourth-order valence-electron chi connectivity index (χ4n) is 2.66. The first-order valence-corrected chi connectivity index (χ1v) is 7.05. The quantitative estimate of drug-likeness (QED) is 0.740. The molecular formula is C13H25N3O2. The number of nitrogens with one attached hydrogen (secondary N) is 2. The maximum absolute atomic E-state index is 11.8. The van der Waals surface area contributed by atoms with Gasteiger partial charge in [0.2, 0.25) is 5.91 Å². The molecule has 5 heteroatoms. The SMILES string of the molecule is CN1CCCCC1CNC(=O)CC1CNCCO1. The van der Waals surface area contributed by atoms with Crippen molar-refractivity contribution < 1.29 is 9.53 Å². The van der Waals surface area contributed by atoms with E-state index in [0.717, 1.165) is 26.2 Å². The molecule has 1 amide bonds.